The van der Waals surface area contributed by atoms with Gasteiger partial charge in [-0.15, -0.1) is 0 Å². The van der Waals surface area contributed by atoms with E-state index in [9.17, 15) is 0 Å². The van der Waals surface area contributed by atoms with Crippen molar-refractivity contribution in [1.82, 2.24) is 4.57 Å². The van der Waals surface area contributed by atoms with E-state index in [-0.39, 0.29) is 5.82 Å². The van der Waals surface area contributed by atoms with E-state index in [2.05, 4.69) is 27.6 Å². The number of hydrogen-bond acceptors (Lipinski definition) is 3. The van der Waals surface area contributed by atoms with Gasteiger partial charge in [-0.1, -0.05) is 19.8 Å². The average Bonchev–Trinajstić information content (AvgIpc) is 3.49. The predicted octanol–water partition coefficient (Wildman–Crippen LogP) is 4.84. The predicted molar refractivity (Wildman–Crippen MR) is 115 cm³/mol. The first kappa shape index (κ1) is 19.0. The summed E-state index contributed by atoms with van der Waals surface area (Å²) >= 11 is 0. The summed E-state index contributed by atoms with van der Waals surface area (Å²) in [5, 5.41) is 1.78. The summed E-state index contributed by atoms with van der Waals surface area (Å²) in [6.07, 6.45) is 10.7. The third kappa shape index (κ3) is 3.04. The maximum atomic E-state index is 15.6. The first-order valence-corrected chi connectivity index (χ1v) is 11.3. The maximum Gasteiger partial charge on any atom is 0.169 e. The summed E-state index contributed by atoms with van der Waals surface area (Å²) in [5.41, 5.74) is 2.85. The van der Waals surface area contributed by atoms with E-state index < -0.39 is 0 Å². The van der Waals surface area contributed by atoms with Crippen molar-refractivity contribution >= 4 is 16.6 Å². The van der Waals surface area contributed by atoms with Crippen molar-refractivity contribution in [2.75, 3.05) is 32.1 Å². The zero-order valence-electron chi connectivity index (χ0n) is 17.9. The molecule has 0 unspecified atom stereocenters. The molecule has 5 heteroatoms. The molecule has 5 rings (SSSR count). The van der Waals surface area contributed by atoms with Crippen LogP contribution in [-0.2, 0) is 6.42 Å². The Labute approximate surface area is 172 Å². The van der Waals surface area contributed by atoms with Gasteiger partial charge < -0.3 is 14.2 Å². The highest BCUT2D eigenvalue weighted by molar-refractivity contribution is 5.92. The van der Waals surface area contributed by atoms with E-state index in [0.717, 1.165) is 35.8 Å². The number of benzene rings is 1. The number of rotatable bonds is 4. The molecular weight excluding hydrogens is 365 g/mol. The van der Waals surface area contributed by atoms with Crippen LogP contribution in [0, 0.1) is 17.7 Å². The summed E-state index contributed by atoms with van der Waals surface area (Å²) in [7, 11) is 3.49. The highest BCUT2D eigenvalue weighted by Crippen LogP contribution is 2.46. The Morgan fingerprint density at radius 1 is 1.14 bits per heavy atom. The van der Waals surface area contributed by atoms with Gasteiger partial charge in [-0.3, -0.25) is 4.99 Å². The Bertz CT molecular complexity index is 994. The molecule has 2 aliphatic carbocycles. The van der Waals surface area contributed by atoms with E-state index in [1.54, 1.807) is 20.2 Å². The molecule has 0 N–H and O–H groups in total. The van der Waals surface area contributed by atoms with E-state index in [1.165, 1.54) is 44.1 Å². The van der Waals surface area contributed by atoms with Crippen molar-refractivity contribution in [3.8, 4) is 5.75 Å². The summed E-state index contributed by atoms with van der Waals surface area (Å²) in [6.45, 7) is 4.04. The maximum absolute atomic E-state index is 15.6. The average molecular weight is 398 g/mol. The zero-order valence-corrected chi connectivity index (χ0v) is 17.9. The fourth-order valence-corrected chi connectivity index (χ4v) is 5.75. The Hall–Kier alpha value is -2.04. The van der Waals surface area contributed by atoms with Gasteiger partial charge in [0.2, 0.25) is 0 Å². The van der Waals surface area contributed by atoms with Crippen LogP contribution in [0.1, 0.15) is 57.1 Å². The normalized spacial score (nSPS) is 25.0. The smallest absolute Gasteiger partial charge is 0.169 e. The Balaban J connectivity index is 1.74. The fraction of sp³-hybridized carbons (Fsp3) is 0.625. The van der Waals surface area contributed by atoms with Crippen molar-refractivity contribution in [3.63, 3.8) is 0 Å². The number of halogens is 1. The van der Waals surface area contributed by atoms with Gasteiger partial charge in [-0.2, -0.15) is 0 Å². The van der Waals surface area contributed by atoms with Crippen molar-refractivity contribution in [2.24, 2.45) is 16.8 Å². The van der Waals surface area contributed by atoms with E-state index in [1.807, 2.05) is 0 Å². The molecule has 1 saturated heterocycles. The number of aryl methyl sites for hydroxylation is 1. The number of nitrogens with zero attached hydrogens (tertiary/aromatic N) is 3. The molecule has 0 spiro atoms. The van der Waals surface area contributed by atoms with Crippen LogP contribution in [0.15, 0.2) is 17.3 Å². The molecule has 2 heterocycles. The Morgan fingerprint density at radius 3 is 2.38 bits per heavy atom. The van der Waals surface area contributed by atoms with Gasteiger partial charge in [0.05, 0.1) is 18.0 Å². The van der Waals surface area contributed by atoms with Gasteiger partial charge >= 0.3 is 0 Å². The van der Waals surface area contributed by atoms with Crippen LogP contribution in [0.3, 0.4) is 0 Å². The third-order valence-corrected chi connectivity index (χ3v) is 7.34. The lowest BCUT2D eigenvalue weighted by atomic mass is 9.82. The van der Waals surface area contributed by atoms with Gasteiger partial charge in [0.1, 0.15) is 5.69 Å². The second kappa shape index (κ2) is 7.33. The van der Waals surface area contributed by atoms with Crippen molar-refractivity contribution in [1.29, 1.82) is 0 Å². The topological polar surface area (TPSA) is 29.8 Å². The minimum Gasteiger partial charge on any atom is -0.492 e. The molecule has 0 amide bonds. The van der Waals surface area contributed by atoms with Gasteiger partial charge in [-0.25, -0.2) is 4.39 Å². The molecular formula is C24H32FN3O. The molecule has 1 aliphatic heterocycles. The van der Waals surface area contributed by atoms with Crippen LogP contribution >= 0.6 is 0 Å². The first-order valence-electron chi connectivity index (χ1n) is 11.3. The molecule has 3 aliphatic rings. The van der Waals surface area contributed by atoms with Gasteiger partial charge in [-0.05, 0) is 55.6 Å². The number of hydrogen-bond donors (Lipinski definition) is 0. The van der Waals surface area contributed by atoms with Gasteiger partial charge in [0, 0.05) is 37.8 Å². The summed E-state index contributed by atoms with van der Waals surface area (Å²) in [4.78, 5) is 6.81. The lowest BCUT2D eigenvalue weighted by molar-refractivity contribution is 0.299. The third-order valence-electron chi connectivity index (χ3n) is 7.34. The molecule has 1 aromatic heterocycles. The second-order valence-electron chi connectivity index (χ2n) is 9.06. The highest BCUT2D eigenvalue weighted by Gasteiger charge is 2.37. The van der Waals surface area contributed by atoms with Gasteiger partial charge in [0.25, 0.3) is 0 Å². The SMILES string of the molecule is CCc1cn(C2CC2)c2c(OC)c(N3C[C@H]4CCCC[C@H]4C3)c(F)cc2c1=NC. The van der Waals surface area contributed by atoms with Gasteiger partial charge in [0.15, 0.2) is 11.6 Å². The fourth-order valence-electron chi connectivity index (χ4n) is 5.75. The standard InChI is InChI=1S/C24H32FN3O/c1-4-15-14-28(18-9-10-18)22-19(21(15)26-2)11-20(25)23(24(22)29-3)27-12-16-7-5-6-8-17(16)13-27/h11,14,16-18H,4-10,12-13H2,1-3H3/t16-,17+. The van der Waals surface area contributed by atoms with Crippen LogP contribution < -0.4 is 15.0 Å². The van der Waals surface area contributed by atoms with Crippen LogP contribution in [0.4, 0.5) is 10.1 Å². The van der Waals surface area contributed by atoms with Crippen molar-refractivity contribution < 1.29 is 9.13 Å². The molecule has 1 aromatic carbocycles. The lowest BCUT2D eigenvalue weighted by Crippen LogP contribution is -2.23. The summed E-state index contributed by atoms with van der Waals surface area (Å²) in [6, 6.07) is 2.21. The molecule has 3 fully saturated rings. The van der Waals surface area contributed by atoms with E-state index >= 15 is 4.39 Å². The Morgan fingerprint density at radius 2 is 1.83 bits per heavy atom. The van der Waals surface area contributed by atoms with E-state index in [4.69, 9.17) is 4.74 Å². The largest absolute Gasteiger partial charge is 0.492 e. The molecule has 2 saturated carbocycles. The monoisotopic (exact) mass is 397 g/mol. The van der Waals surface area contributed by atoms with Crippen molar-refractivity contribution in [3.05, 3.63) is 29.0 Å². The zero-order chi connectivity index (χ0) is 20.1. The number of aromatic nitrogens is 1. The van der Waals surface area contributed by atoms with Crippen LogP contribution in [0.2, 0.25) is 0 Å². The molecule has 2 atom stereocenters. The van der Waals surface area contributed by atoms with Crippen molar-refractivity contribution in [2.45, 2.75) is 57.9 Å². The number of anilines is 1. The minimum atomic E-state index is -0.173. The lowest BCUT2D eigenvalue weighted by Gasteiger charge is -2.25. The number of ether oxygens (including phenoxy) is 1. The summed E-state index contributed by atoms with van der Waals surface area (Å²) < 4.78 is 23.9. The number of pyridine rings is 1. The van der Waals surface area contributed by atoms with Crippen LogP contribution in [0.5, 0.6) is 5.75 Å². The number of methoxy groups -OCH3 is 1. The second-order valence-corrected chi connectivity index (χ2v) is 9.06. The molecule has 0 bridgehead atoms. The molecule has 156 valence electrons. The van der Waals surface area contributed by atoms with Crippen LogP contribution in [-0.4, -0.2) is 31.8 Å². The first-order chi connectivity index (χ1) is 14.2. The molecule has 2 aromatic rings. The highest BCUT2D eigenvalue weighted by atomic mass is 19.1. The molecule has 4 nitrogen and oxygen atoms in total. The molecule has 0 radical (unpaired) electrons. The summed E-state index contributed by atoms with van der Waals surface area (Å²) in [5.74, 6) is 1.91. The van der Waals surface area contributed by atoms with E-state index in [0.29, 0.717) is 29.3 Å². The van der Waals surface area contributed by atoms with Crippen LogP contribution in [0.25, 0.3) is 10.9 Å². The molecule has 29 heavy (non-hydrogen) atoms. The number of fused-ring (bicyclic) bond motifs is 2. The quantitative estimate of drug-likeness (QED) is 0.739. The Kier molecular flexibility index (Phi) is 4.79. The minimum absolute atomic E-state index is 0.173.